The van der Waals surface area contributed by atoms with Crippen LogP contribution >= 0.6 is 0 Å². The van der Waals surface area contributed by atoms with Crippen LogP contribution in [-0.2, 0) is 6.54 Å². The summed E-state index contributed by atoms with van der Waals surface area (Å²) in [4.78, 5) is 7.16. The summed E-state index contributed by atoms with van der Waals surface area (Å²) in [6.45, 7) is 8.99. The Bertz CT molecular complexity index is 605. The van der Waals surface area contributed by atoms with E-state index in [4.69, 9.17) is 0 Å². The Hall–Kier alpha value is -1.45. The third-order valence-electron chi connectivity index (χ3n) is 4.67. The number of rotatable bonds is 3. The lowest BCUT2D eigenvalue weighted by molar-refractivity contribution is 0.209. The van der Waals surface area contributed by atoms with Crippen molar-refractivity contribution in [2.24, 2.45) is 0 Å². The molecule has 0 bridgehead atoms. The van der Waals surface area contributed by atoms with Gasteiger partial charge in [-0.25, -0.2) is 0 Å². The Kier molecular flexibility index (Phi) is 4.22. The number of para-hydroxylation sites is 1. The van der Waals surface area contributed by atoms with Crippen molar-refractivity contribution in [1.29, 1.82) is 0 Å². The molecule has 1 N–H and O–H groups in total. The van der Waals surface area contributed by atoms with Gasteiger partial charge in [0.05, 0.1) is 5.52 Å². The summed E-state index contributed by atoms with van der Waals surface area (Å²) in [5.41, 5.74) is 2.72. The van der Waals surface area contributed by atoms with Crippen molar-refractivity contribution in [3.05, 3.63) is 42.1 Å². The smallest absolute Gasteiger partial charge is 0.0746 e. The zero-order valence-corrected chi connectivity index (χ0v) is 13.1. The highest BCUT2D eigenvalue weighted by molar-refractivity contribution is 5.81. The van der Waals surface area contributed by atoms with Gasteiger partial charge in [-0.15, -0.1) is 0 Å². The largest absolute Gasteiger partial charge is 0.310 e. The molecule has 2 aromatic rings. The van der Waals surface area contributed by atoms with Crippen LogP contribution in [0.1, 0.15) is 32.3 Å². The first-order valence-corrected chi connectivity index (χ1v) is 8.00. The van der Waals surface area contributed by atoms with E-state index in [-0.39, 0.29) is 5.54 Å². The van der Waals surface area contributed by atoms with Crippen LogP contribution in [0.5, 0.6) is 0 Å². The van der Waals surface area contributed by atoms with Crippen LogP contribution in [0.4, 0.5) is 0 Å². The molecule has 1 aromatic heterocycles. The molecule has 1 aromatic carbocycles. The van der Waals surface area contributed by atoms with Crippen LogP contribution in [-0.4, -0.2) is 35.1 Å². The van der Waals surface area contributed by atoms with E-state index in [0.717, 1.165) is 38.1 Å². The van der Waals surface area contributed by atoms with Crippen LogP contribution < -0.4 is 5.32 Å². The van der Waals surface area contributed by atoms with Crippen molar-refractivity contribution >= 4 is 10.9 Å². The minimum Gasteiger partial charge on any atom is -0.310 e. The molecule has 3 nitrogen and oxygen atoms in total. The molecular formula is C18H25N3. The van der Waals surface area contributed by atoms with Gasteiger partial charge in [0.1, 0.15) is 0 Å². The van der Waals surface area contributed by atoms with Crippen molar-refractivity contribution < 1.29 is 0 Å². The molecule has 1 fully saturated rings. The Labute approximate surface area is 127 Å². The van der Waals surface area contributed by atoms with Crippen molar-refractivity contribution in [3.8, 4) is 0 Å². The standard InChI is InChI=1S/C18H25N3/c1-3-18(2)14-21(12-6-11-20-18)13-16-8-4-7-15-9-5-10-19-17(15)16/h4-5,7-10,20H,3,6,11-14H2,1-2H3. The lowest BCUT2D eigenvalue weighted by Gasteiger charge is -2.32. The fourth-order valence-electron chi connectivity index (χ4n) is 3.23. The second-order valence-electron chi connectivity index (χ2n) is 6.40. The van der Waals surface area contributed by atoms with Gasteiger partial charge >= 0.3 is 0 Å². The lowest BCUT2D eigenvalue weighted by atomic mass is 9.98. The Morgan fingerprint density at radius 2 is 2.14 bits per heavy atom. The van der Waals surface area contributed by atoms with E-state index >= 15 is 0 Å². The molecule has 2 heterocycles. The van der Waals surface area contributed by atoms with Crippen LogP contribution in [0.2, 0.25) is 0 Å². The van der Waals surface area contributed by atoms with Gasteiger partial charge in [0, 0.05) is 30.2 Å². The number of benzene rings is 1. The van der Waals surface area contributed by atoms with Gasteiger partial charge in [0.15, 0.2) is 0 Å². The number of aromatic nitrogens is 1. The molecule has 112 valence electrons. The predicted octanol–water partition coefficient (Wildman–Crippen LogP) is 3.20. The Morgan fingerprint density at radius 1 is 1.29 bits per heavy atom. The molecule has 0 amide bonds. The molecule has 0 radical (unpaired) electrons. The van der Waals surface area contributed by atoms with Crippen molar-refractivity contribution in [2.45, 2.75) is 38.8 Å². The molecule has 0 saturated carbocycles. The average Bonchev–Trinajstić information content (AvgIpc) is 2.70. The number of pyridine rings is 1. The molecule has 1 saturated heterocycles. The summed E-state index contributed by atoms with van der Waals surface area (Å²) in [6.07, 6.45) is 4.27. The number of hydrogen-bond acceptors (Lipinski definition) is 3. The molecule has 1 aliphatic rings. The third kappa shape index (κ3) is 3.25. The van der Waals surface area contributed by atoms with E-state index in [1.54, 1.807) is 0 Å². The quantitative estimate of drug-likeness (QED) is 0.937. The predicted molar refractivity (Wildman–Crippen MR) is 88.3 cm³/mol. The topological polar surface area (TPSA) is 28.2 Å². The molecule has 0 spiro atoms. The van der Waals surface area contributed by atoms with Gasteiger partial charge in [-0.3, -0.25) is 9.88 Å². The lowest BCUT2D eigenvalue weighted by Crippen LogP contribution is -2.48. The van der Waals surface area contributed by atoms with E-state index in [1.807, 2.05) is 12.3 Å². The summed E-state index contributed by atoms with van der Waals surface area (Å²) >= 11 is 0. The molecule has 1 unspecified atom stereocenters. The van der Waals surface area contributed by atoms with Crippen LogP contribution in [0.25, 0.3) is 10.9 Å². The molecule has 0 aliphatic carbocycles. The molecule has 21 heavy (non-hydrogen) atoms. The highest BCUT2D eigenvalue weighted by atomic mass is 15.2. The molecular weight excluding hydrogens is 258 g/mol. The van der Waals surface area contributed by atoms with E-state index in [0.29, 0.717) is 0 Å². The molecule has 3 heteroatoms. The highest BCUT2D eigenvalue weighted by Crippen LogP contribution is 2.21. The SMILES string of the molecule is CCC1(C)CN(Cc2cccc3cccnc23)CCCN1. The summed E-state index contributed by atoms with van der Waals surface area (Å²) in [5, 5.41) is 4.94. The van der Waals surface area contributed by atoms with Crippen molar-refractivity contribution in [2.75, 3.05) is 19.6 Å². The van der Waals surface area contributed by atoms with Crippen LogP contribution in [0, 0.1) is 0 Å². The molecule has 1 atom stereocenters. The summed E-state index contributed by atoms with van der Waals surface area (Å²) in [5.74, 6) is 0. The van der Waals surface area contributed by atoms with Crippen molar-refractivity contribution in [3.63, 3.8) is 0 Å². The second kappa shape index (κ2) is 6.12. The van der Waals surface area contributed by atoms with E-state index in [1.165, 1.54) is 17.4 Å². The first-order chi connectivity index (χ1) is 10.2. The number of fused-ring (bicyclic) bond motifs is 1. The zero-order chi connectivity index (χ0) is 14.7. The monoisotopic (exact) mass is 283 g/mol. The Balaban J connectivity index is 1.84. The fraction of sp³-hybridized carbons (Fsp3) is 0.500. The first-order valence-electron chi connectivity index (χ1n) is 8.00. The average molecular weight is 283 g/mol. The minimum atomic E-state index is 0.231. The summed E-state index contributed by atoms with van der Waals surface area (Å²) in [6, 6.07) is 10.7. The second-order valence-corrected chi connectivity index (χ2v) is 6.40. The zero-order valence-electron chi connectivity index (χ0n) is 13.1. The summed E-state index contributed by atoms with van der Waals surface area (Å²) in [7, 11) is 0. The van der Waals surface area contributed by atoms with E-state index in [9.17, 15) is 0 Å². The van der Waals surface area contributed by atoms with E-state index in [2.05, 4.69) is 53.3 Å². The first kappa shape index (κ1) is 14.5. The maximum atomic E-state index is 4.58. The van der Waals surface area contributed by atoms with Crippen LogP contribution in [0.3, 0.4) is 0 Å². The fourth-order valence-corrected chi connectivity index (χ4v) is 3.23. The Morgan fingerprint density at radius 3 is 3.00 bits per heavy atom. The molecule has 3 rings (SSSR count). The highest BCUT2D eigenvalue weighted by Gasteiger charge is 2.27. The van der Waals surface area contributed by atoms with Gasteiger partial charge in [-0.2, -0.15) is 0 Å². The normalized spacial score (nSPS) is 24.1. The van der Waals surface area contributed by atoms with Gasteiger partial charge in [0.25, 0.3) is 0 Å². The maximum Gasteiger partial charge on any atom is 0.0746 e. The maximum absolute atomic E-state index is 4.58. The third-order valence-corrected chi connectivity index (χ3v) is 4.67. The van der Waals surface area contributed by atoms with Gasteiger partial charge in [-0.05, 0) is 44.5 Å². The number of hydrogen-bond donors (Lipinski definition) is 1. The van der Waals surface area contributed by atoms with Crippen molar-refractivity contribution in [1.82, 2.24) is 15.2 Å². The minimum absolute atomic E-state index is 0.231. The van der Waals surface area contributed by atoms with Gasteiger partial charge < -0.3 is 5.32 Å². The van der Waals surface area contributed by atoms with Gasteiger partial charge in [0.2, 0.25) is 0 Å². The molecule has 1 aliphatic heterocycles. The summed E-state index contributed by atoms with van der Waals surface area (Å²) < 4.78 is 0. The number of nitrogens with zero attached hydrogens (tertiary/aromatic N) is 2. The van der Waals surface area contributed by atoms with E-state index < -0.39 is 0 Å². The number of nitrogens with one attached hydrogen (secondary N) is 1. The van der Waals surface area contributed by atoms with Crippen LogP contribution in [0.15, 0.2) is 36.5 Å². The van der Waals surface area contributed by atoms with Gasteiger partial charge in [-0.1, -0.05) is 31.2 Å².